The first-order valence-electron chi connectivity index (χ1n) is 8.92. The standard InChI is InChI=1S/C23H16ClFN2O2/c1-14-5-8-16(24)12-20(14)26-23(29)22(28)21-19(15-6-9-17(25)10-7-15)13-18-4-2-3-11-27(18)21/h2-13H,1H3,(H,26,29). The van der Waals surface area contributed by atoms with Crippen LogP contribution in [0.25, 0.3) is 16.6 Å². The highest BCUT2D eigenvalue weighted by atomic mass is 35.5. The van der Waals surface area contributed by atoms with E-state index >= 15 is 0 Å². The maximum Gasteiger partial charge on any atom is 0.298 e. The number of benzene rings is 2. The molecule has 4 rings (SSSR count). The van der Waals surface area contributed by atoms with Crippen LogP contribution in [0.3, 0.4) is 0 Å². The van der Waals surface area contributed by atoms with E-state index in [1.54, 1.807) is 53.1 Å². The number of ketones is 1. The highest BCUT2D eigenvalue weighted by Crippen LogP contribution is 2.29. The van der Waals surface area contributed by atoms with E-state index in [2.05, 4.69) is 5.32 Å². The fraction of sp³-hybridized carbons (Fsp3) is 0.0435. The molecule has 0 aliphatic carbocycles. The van der Waals surface area contributed by atoms with Crippen LogP contribution in [0.15, 0.2) is 72.9 Å². The summed E-state index contributed by atoms with van der Waals surface area (Å²) < 4.78 is 15.0. The van der Waals surface area contributed by atoms with Crippen molar-refractivity contribution < 1.29 is 14.0 Å². The number of Topliss-reactive ketones (excluding diaryl/α,β-unsaturated/α-hetero) is 1. The molecule has 2 heterocycles. The van der Waals surface area contributed by atoms with Gasteiger partial charge in [-0.05, 0) is 60.5 Å². The van der Waals surface area contributed by atoms with Crippen molar-refractivity contribution in [2.24, 2.45) is 0 Å². The van der Waals surface area contributed by atoms with Gasteiger partial charge in [0.15, 0.2) is 0 Å². The van der Waals surface area contributed by atoms with E-state index in [1.807, 2.05) is 19.1 Å². The van der Waals surface area contributed by atoms with Crippen molar-refractivity contribution in [3.05, 3.63) is 95.0 Å². The number of carbonyl (C=O) groups excluding carboxylic acids is 2. The Hall–Kier alpha value is -3.44. The summed E-state index contributed by atoms with van der Waals surface area (Å²) in [5, 5.41) is 3.10. The van der Waals surface area contributed by atoms with E-state index < -0.39 is 11.7 Å². The Balaban J connectivity index is 1.78. The lowest BCUT2D eigenvalue weighted by atomic mass is 10.0. The number of nitrogens with zero attached hydrogens (tertiary/aromatic N) is 1. The predicted octanol–water partition coefficient (Wildman–Crippen LogP) is 5.53. The Morgan fingerprint density at radius 1 is 1.00 bits per heavy atom. The van der Waals surface area contributed by atoms with Gasteiger partial charge in [0.25, 0.3) is 11.7 Å². The third-order valence-corrected chi connectivity index (χ3v) is 4.94. The summed E-state index contributed by atoms with van der Waals surface area (Å²) in [6, 6.07) is 18.1. The molecule has 0 aliphatic rings. The molecule has 0 saturated heterocycles. The number of carbonyl (C=O) groups is 2. The van der Waals surface area contributed by atoms with Crippen molar-refractivity contribution in [1.29, 1.82) is 0 Å². The highest BCUT2D eigenvalue weighted by molar-refractivity contribution is 6.47. The Morgan fingerprint density at radius 2 is 1.76 bits per heavy atom. The molecular formula is C23H16ClFN2O2. The van der Waals surface area contributed by atoms with Crippen molar-refractivity contribution in [3.63, 3.8) is 0 Å². The van der Waals surface area contributed by atoms with E-state index in [0.717, 1.165) is 11.1 Å². The smallest absolute Gasteiger partial charge is 0.298 e. The summed E-state index contributed by atoms with van der Waals surface area (Å²) in [5.74, 6) is -1.85. The van der Waals surface area contributed by atoms with Gasteiger partial charge in [-0.25, -0.2) is 4.39 Å². The molecule has 2 aromatic carbocycles. The number of rotatable bonds is 4. The van der Waals surface area contributed by atoms with Crippen LogP contribution >= 0.6 is 11.6 Å². The summed E-state index contributed by atoms with van der Waals surface area (Å²) in [5.41, 5.74) is 3.42. The van der Waals surface area contributed by atoms with E-state index in [1.165, 1.54) is 12.1 Å². The Morgan fingerprint density at radius 3 is 2.52 bits per heavy atom. The largest absolute Gasteiger partial charge is 0.319 e. The van der Waals surface area contributed by atoms with Gasteiger partial charge in [-0.15, -0.1) is 0 Å². The maximum atomic E-state index is 13.4. The van der Waals surface area contributed by atoms with Crippen molar-refractivity contribution in [1.82, 2.24) is 4.40 Å². The zero-order valence-electron chi connectivity index (χ0n) is 15.4. The minimum atomic E-state index is -0.775. The molecule has 0 fully saturated rings. The average molecular weight is 407 g/mol. The molecular weight excluding hydrogens is 391 g/mol. The van der Waals surface area contributed by atoms with E-state index in [-0.39, 0.29) is 11.5 Å². The molecule has 1 amide bonds. The third kappa shape index (κ3) is 3.65. The van der Waals surface area contributed by atoms with Crippen LogP contribution in [0.5, 0.6) is 0 Å². The molecule has 0 bridgehead atoms. The van der Waals surface area contributed by atoms with Gasteiger partial charge in [-0.2, -0.15) is 0 Å². The quantitative estimate of drug-likeness (QED) is 0.358. The SMILES string of the molecule is Cc1ccc(Cl)cc1NC(=O)C(=O)c1c(-c2ccc(F)cc2)cc2ccccn12. The normalized spacial score (nSPS) is 10.9. The summed E-state index contributed by atoms with van der Waals surface area (Å²) in [6.07, 6.45) is 1.72. The number of amides is 1. The van der Waals surface area contributed by atoms with Crippen LogP contribution < -0.4 is 5.32 Å². The molecule has 0 saturated carbocycles. The van der Waals surface area contributed by atoms with Gasteiger partial charge >= 0.3 is 0 Å². The first kappa shape index (κ1) is 18.9. The van der Waals surface area contributed by atoms with Gasteiger partial charge in [-0.1, -0.05) is 35.9 Å². The van der Waals surface area contributed by atoms with Gasteiger partial charge in [0.1, 0.15) is 11.5 Å². The zero-order valence-corrected chi connectivity index (χ0v) is 16.2. The van der Waals surface area contributed by atoms with Crippen LogP contribution in [0.1, 0.15) is 16.1 Å². The number of fused-ring (bicyclic) bond motifs is 1. The molecule has 4 aromatic rings. The molecule has 144 valence electrons. The number of hydrogen-bond donors (Lipinski definition) is 1. The van der Waals surface area contributed by atoms with E-state index in [0.29, 0.717) is 21.8 Å². The van der Waals surface area contributed by atoms with Crippen LogP contribution in [0.4, 0.5) is 10.1 Å². The molecule has 29 heavy (non-hydrogen) atoms. The summed E-state index contributed by atoms with van der Waals surface area (Å²) in [7, 11) is 0. The van der Waals surface area contributed by atoms with Gasteiger partial charge in [0.05, 0.1) is 0 Å². The van der Waals surface area contributed by atoms with Crippen LogP contribution in [0, 0.1) is 12.7 Å². The fourth-order valence-corrected chi connectivity index (χ4v) is 3.39. The number of anilines is 1. The molecule has 4 nitrogen and oxygen atoms in total. The maximum absolute atomic E-state index is 13.4. The van der Waals surface area contributed by atoms with Gasteiger partial charge in [0.2, 0.25) is 0 Å². The number of pyridine rings is 1. The minimum absolute atomic E-state index is 0.212. The van der Waals surface area contributed by atoms with Crippen molar-refractivity contribution in [3.8, 4) is 11.1 Å². The summed E-state index contributed by atoms with van der Waals surface area (Å²) in [4.78, 5) is 25.9. The fourth-order valence-electron chi connectivity index (χ4n) is 3.22. The number of halogens is 2. The first-order chi connectivity index (χ1) is 13.9. The number of nitrogens with one attached hydrogen (secondary N) is 1. The Labute approximate surface area is 171 Å². The number of hydrogen-bond acceptors (Lipinski definition) is 2. The molecule has 0 spiro atoms. The molecule has 1 N–H and O–H groups in total. The lowest BCUT2D eigenvalue weighted by Gasteiger charge is -2.10. The minimum Gasteiger partial charge on any atom is -0.319 e. The summed E-state index contributed by atoms with van der Waals surface area (Å²) >= 11 is 6.00. The van der Waals surface area contributed by atoms with Crippen molar-refractivity contribution in [2.45, 2.75) is 6.92 Å². The topological polar surface area (TPSA) is 50.6 Å². The molecule has 6 heteroatoms. The second-order valence-corrected chi connectivity index (χ2v) is 7.09. The number of aryl methyl sites for hydroxylation is 1. The van der Waals surface area contributed by atoms with Crippen LogP contribution in [-0.2, 0) is 4.79 Å². The van der Waals surface area contributed by atoms with E-state index in [9.17, 15) is 14.0 Å². The van der Waals surface area contributed by atoms with Crippen molar-refractivity contribution in [2.75, 3.05) is 5.32 Å². The Kier molecular flexibility index (Phi) is 4.91. The van der Waals surface area contributed by atoms with Crippen LogP contribution in [0.2, 0.25) is 5.02 Å². The molecule has 0 aliphatic heterocycles. The Bertz CT molecular complexity index is 1250. The molecule has 0 atom stereocenters. The second kappa shape index (κ2) is 7.53. The lowest BCUT2D eigenvalue weighted by molar-refractivity contribution is -0.112. The van der Waals surface area contributed by atoms with E-state index in [4.69, 9.17) is 11.6 Å². The number of aromatic nitrogens is 1. The van der Waals surface area contributed by atoms with Crippen LogP contribution in [-0.4, -0.2) is 16.1 Å². The highest BCUT2D eigenvalue weighted by Gasteiger charge is 2.25. The summed E-state index contributed by atoms with van der Waals surface area (Å²) in [6.45, 7) is 1.81. The first-order valence-corrected chi connectivity index (χ1v) is 9.30. The van der Waals surface area contributed by atoms with Crippen molar-refractivity contribution >= 4 is 34.5 Å². The zero-order chi connectivity index (χ0) is 20.5. The molecule has 0 unspecified atom stereocenters. The van der Waals surface area contributed by atoms with Gasteiger partial charge in [-0.3, -0.25) is 9.59 Å². The van der Waals surface area contributed by atoms with Gasteiger partial charge < -0.3 is 9.72 Å². The average Bonchev–Trinajstić information content (AvgIpc) is 3.10. The van der Waals surface area contributed by atoms with Gasteiger partial charge in [0, 0.05) is 28.0 Å². The third-order valence-electron chi connectivity index (χ3n) is 4.70. The molecule has 0 radical (unpaired) electrons. The monoisotopic (exact) mass is 406 g/mol. The molecule has 2 aromatic heterocycles. The second-order valence-electron chi connectivity index (χ2n) is 6.65. The lowest BCUT2D eigenvalue weighted by Crippen LogP contribution is -2.25. The predicted molar refractivity (Wildman–Crippen MR) is 112 cm³/mol.